The summed E-state index contributed by atoms with van der Waals surface area (Å²) in [5, 5.41) is 2.89. The van der Waals surface area contributed by atoms with Gasteiger partial charge in [0.05, 0.1) is 12.3 Å². The van der Waals surface area contributed by atoms with E-state index in [1.54, 1.807) is 24.3 Å². The second-order valence-electron chi connectivity index (χ2n) is 10.4. The second-order valence-corrected chi connectivity index (χ2v) is 10.4. The van der Waals surface area contributed by atoms with Gasteiger partial charge in [-0.2, -0.15) is 0 Å². The lowest BCUT2D eigenvalue weighted by atomic mass is 9.87. The Morgan fingerprint density at radius 1 is 1.05 bits per heavy atom. The van der Waals surface area contributed by atoms with E-state index < -0.39 is 0 Å². The maximum Gasteiger partial charge on any atom is 0.290 e. The molecule has 7 heteroatoms. The van der Waals surface area contributed by atoms with Crippen LogP contribution in [0.1, 0.15) is 75.4 Å². The number of carbonyl (C=O) groups is 2. The minimum Gasteiger partial charge on any atom is -0.486 e. The fraction of sp³-hybridized carbons (Fsp3) is 0.312. The number of fused-ring (bicyclic) bond motifs is 1. The van der Waals surface area contributed by atoms with Crippen molar-refractivity contribution in [2.75, 3.05) is 13.1 Å². The molecule has 3 heterocycles. The molecule has 39 heavy (non-hydrogen) atoms. The first-order valence-corrected chi connectivity index (χ1v) is 13.4. The fourth-order valence-corrected chi connectivity index (χ4v) is 4.94. The first-order chi connectivity index (χ1) is 18.9. The van der Waals surface area contributed by atoms with E-state index in [9.17, 15) is 9.59 Å². The van der Waals surface area contributed by atoms with Crippen LogP contribution in [0.25, 0.3) is 0 Å². The highest BCUT2D eigenvalue weighted by molar-refractivity contribution is 5.92. The van der Waals surface area contributed by atoms with Gasteiger partial charge in [0.25, 0.3) is 11.8 Å². The van der Waals surface area contributed by atoms with E-state index in [1.807, 2.05) is 36.1 Å². The molecular formula is C32H34N2O5. The van der Waals surface area contributed by atoms with Crippen LogP contribution in [-0.2, 0) is 13.0 Å². The Bertz CT molecular complexity index is 1440. The molecule has 2 aromatic heterocycles. The van der Waals surface area contributed by atoms with Crippen molar-refractivity contribution in [3.05, 3.63) is 113 Å². The maximum absolute atomic E-state index is 13.4. The molecule has 2 amide bonds. The highest BCUT2D eigenvalue weighted by atomic mass is 16.5. The molecule has 4 aromatic rings. The normalized spacial score (nSPS) is 14.8. The first-order valence-electron chi connectivity index (χ1n) is 13.4. The van der Waals surface area contributed by atoms with Crippen molar-refractivity contribution in [2.24, 2.45) is 5.92 Å². The maximum atomic E-state index is 13.4. The molecule has 0 spiro atoms. The van der Waals surface area contributed by atoms with Gasteiger partial charge in [-0.3, -0.25) is 9.59 Å². The van der Waals surface area contributed by atoms with E-state index in [2.05, 4.69) is 37.4 Å². The van der Waals surface area contributed by atoms with Crippen LogP contribution in [0.5, 0.6) is 5.75 Å². The summed E-state index contributed by atoms with van der Waals surface area (Å²) in [4.78, 5) is 27.7. The number of rotatable bonds is 9. The van der Waals surface area contributed by atoms with Gasteiger partial charge < -0.3 is 23.8 Å². The van der Waals surface area contributed by atoms with Gasteiger partial charge >= 0.3 is 0 Å². The second kappa shape index (κ2) is 11.6. The monoisotopic (exact) mass is 526 g/mol. The lowest BCUT2D eigenvalue weighted by Crippen LogP contribution is -2.40. The molecule has 202 valence electrons. The molecule has 2 aromatic carbocycles. The van der Waals surface area contributed by atoms with E-state index in [0.717, 1.165) is 29.5 Å². The van der Waals surface area contributed by atoms with Crippen LogP contribution in [0.3, 0.4) is 0 Å². The quantitative estimate of drug-likeness (QED) is 0.276. The zero-order valence-electron chi connectivity index (χ0n) is 22.6. The predicted molar refractivity (Wildman–Crippen MR) is 148 cm³/mol. The number of nitrogens with one attached hydrogen (secondary N) is 1. The molecule has 7 nitrogen and oxygen atoms in total. The van der Waals surface area contributed by atoms with Gasteiger partial charge in [-0.15, -0.1) is 0 Å². The predicted octanol–water partition coefficient (Wildman–Crippen LogP) is 6.32. The summed E-state index contributed by atoms with van der Waals surface area (Å²) in [6, 6.07) is 20.8. The number of nitrogens with zero attached hydrogens (tertiary/aromatic N) is 1. The molecule has 5 rings (SSSR count). The number of aryl methyl sites for hydroxylation is 1. The number of furan rings is 2. The number of hydrogen-bond donors (Lipinski definition) is 1. The van der Waals surface area contributed by atoms with Gasteiger partial charge in [0.2, 0.25) is 0 Å². The van der Waals surface area contributed by atoms with Crippen LogP contribution >= 0.6 is 0 Å². The summed E-state index contributed by atoms with van der Waals surface area (Å²) < 4.78 is 17.3. The van der Waals surface area contributed by atoms with Crippen LogP contribution in [0.4, 0.5) is 0 Å². The van der Waals surface area contributed by atoms with Crippen LogP contribution in [0.15, 0.2) is 81.8 Å². The van der Waals surface area contributed by atoms with Gasteiger partial charge in [0, 0.05) is 13.1 Å². The van der Waals surface area contributed by atoms with Crippen molar-refractivity contribution in [2.45, 2.75) is 46.3 Å². The minimum atomic E-state index is -0.278. The number of ether oxygens (including phenoxy) is 1. The third-order valence-corrected chi connectivity index (χ3v) is 6.97. The topological polar surface area (TPSA) is 84.9 Å². The Kier molecular flexibility index (Phi) is 7.87. The van der Waals surface area contributed by atoms with Crippen molar-refractivity contribution in [1.82, 2.24) is 10.2 Å². The minimum absolute atomic E-state index is 0.140. The van der Waals surface area contributed by atoms with Gasteiger partial charge in [0.15, 0.2) is 11.5 Å². The third-order valence-electron chi connectivity index (χ3n) is 6.97. The number of benzene rings is 2. The van der Waals surface area contributed by atoms with E-state index in [0.29, 0.717) is 36.3 Å². The van der Waals surface area contributed by atoms with Crippen LogP contribution in [0.2, 0.25) is 0 Å². The van der Waals surface area contributed by atoms with Crippen molar-refractivity contribution in [3.63, 3.8) is 0 Å². The van der Waals surface area contributed by atoms with Gasteiger partial charge in [0.1, 0.15) is 18.1 Å². The van der Waals surface area contributed by atoms with Crippen molar-refractivity contribution < 1.29 is 23.2 Å². The summed E-state index contributed by atoms with van der Waals surface area (Å²) in [6.07, 6.45) is 3.17. The van der Waals surface area contributed by atoms with Gasteiger partial charge in [-0.25, -0.2) is 0 Å². The number of amides is 2. The molecule has 1 unspecified atom stereocenters. The SMILES string of the molecule is Cc1cccc(C2c3cc(OCc4ccc(C(=O)NCCC(C)C)o4)ccc3CCN2C(=O)c2ccco2)c1. The molecule has 0 radical (unpaired) electrons. The molecule has 1 N–H and O–H groups in total. The smallest absolute Gasteiger partial charge is 0.290 e. The van der Waals surface area contributed by atoms with E-state index in [-0.39, 0.29) is 30.2 Å². The first kappa shape index (κ1) is 26.4. The lowest BCUT2D eigenvalue weighted by Gasteiger charge is -2.37. The summed E-state index contributed by atoms with van der Waals surface area (Å²) in [5.41, 5.74) is 4.36. The molecular weight excluding hydrogens is 492 g/mol. The number of carbonyl (C=O) groups excluding carboxylic acids is 2. The molecule has 1 aliphatic heterocycles. The number of hydrogen-bond acceptors (Lipinski definition) is 5. The van der Waals surface area contributed by atoms with Crippen molar-refractivity contribution >= 4 is 11.8 Å². The summed E-state index contributed by atoms with van der Waals surface area (Å²) >= 11 is 0. The average molecular weight is 527 g/mol. The Hall–Kier alpha value is -4.26. The largest absolute Gasteiger partial charge is 0.486 e. The molecule has 0 saturated carbocycles. The lowest BCUT2D eigenvalue weighted by molar-refractivity contribution is 0.0661. The van der Waals surface area contributed by atoms with E-state index >= 15 is 0 Å². The standard InChI is InChI=1S/C32H34N2O5/c1-21(2)13-15-33-31(35)28-12-11-26(39-28)20-38-25-10-9-23-14-16-34(32(36)29-8-5-17-37-29)30(27(23)19-25)24-7-4-6-22(3)18-24/h4-12,17-19,21,30H,13-16,20H2,1-3H3,(H,33,35). The van der Waals surface area contributed by atoms with E-state index in [4.69, 9.17) is 13.6 Å². The van der Waals surface area contributed by atoms with Crippen molar-refractivity contribution in [1.29, 1.82) is 0 Å². The van der Waals surface area contributed by atoms with E-state index in [1.165, 1.54) is 11.8 Å². The van der Waals surface area contributed by atoms with Crippen LogP contribution in [0, 0.1) is 12.8 Å². The molecule has 0 bridgehead atoms. The van der Waals surface area contributed by atoms with Gasteiger partial charge in [-0.05, 0) is 78.8 Å². The summed E-state index contributed by atoms with van der Waals surface area (Å²) in [6.45, 7) is 7.66. The average Bonchev–Trinajstić information content (AvgIpc) is 3.63. The highest BCUT2D eigenvalue weighted by Gasteiger charge is 2.34. The highest BCUT2D eigenvalue weighted by Crippen LogP contribution is 2.38. The van der Waals surface area contributed by atoms with Crippen LogP contribution < -0.4 is 10.1 Å². The zero-order valence-corrected chi connectivity index (χ0v) is 22.6. The summed E-state index contributed by atoms with van der Waals surface area (Å²) in [7, 11) is 0. The Labute approximate surface area is 228 Å². The van der Waals surface area contributed by atoms with Crippen molar-refractivity contribution in [3.8, 4) is 5.75 Å². The molecule has 1 atom stereocenters. The molecule has 0 aliphatic carbocycles. The van der Waals surface area contributed by atoms with Crippen LogP contribution in [-0.4, -0.2) is 29.8 Å². The Morgan fingerprint density at radius 3 is 2.69 bits per heavy atom. The zero-order chi connectivity index (χ0) is 27.4. The molecule has 1 aliphatic rings. The Balaban J connectivity index is 1.35. The summed E-state index contributed by atoms with van der Waals surface area (Å²) in [5.74, 6) is 1.98. The molecule has 0 saturated heterocycles. The third kappa shape index (κ3) is 6.08. The molecule has 0 fully saturated rings. The Morgan fingerprint density at radius 2 is 1.92 bits per heavy atom. The van der Waals surface area contributed by atoms with Gasteiger partial charge in [-0.1, -0.05) is 49.7 Å². The fourth-order valence-electron chi connectivity index (χ4n) is 4.94.